The Morgan fingerprint density at radius 2 is 1.85 bits per heavy atom. The Labute approximate surface area is 74.6 Å². The fourth-order valence-corrected chi connectivity index (χ4v) is 0.756. The van der Waals surface area contributed by atoms with Crippen molar-refractivity contribution in [2.75, 3.05) is 0 Å². The van der Waals surface area contributed by atoms with Gasteiger partial charge in [0.1, 0.15) is 0 Å². The van der Waals surface area contributed by atoms with Gasteiger partial charge in [-0.3, -0.25) is 4.79 Å². The van der Waals surface area contributed by atoms with Crippen molar-refractivity contribution in [2.24, 2.45) is 0 Å². The zero-order valence-electron chi connectivity index (χ0n) is 7.03. The number of carboxylic acid groups (broad SMARTS) is 2. The number of amides is 1. The molecule has 0 bridgehead atoms. The smallest absolute Gasteiger partial charge is 0.217 e. The summed E-state index contributed by atoms with van der Waals surface area (Å²) < 4.78 is 0. The Hall–Kier alpha value is -1.59. The summed E-state index contributed by atoms with van der Waals surface area (Å²) in [6, 6.07) is -1.27. The number of carboxylic acids is 2. The maximum Gasteiger partial charge on any atom is 0.217 e. The lowest BCUT2D eigenvalue weighted by Gasteiger charge is -2.18. The summed E-state index contributed by atoms with van der Waals surface area (Å²) in [4.78, 5) is 30.7. The van der Waals surface area contributed by atoms with Crippen LogP contribution in [0.15, 0.2) is 0 Å². The normalized spacial score (nSPS) is 11.8. The second kappa shape index (κ2) is 5.13. The monoisotopic (exact) mass is 187 g/mol. The summed E-state index contributed by atoms with van der Waals surface area (Å²) in [5.41, 5.74) is 0. The van der Waals surface area contributed by atoms with Gasteiger partial charge in [0.15, 0.2) is 0 Å². The molecule has 0 aromatic rings. The molecule has 0 saturated carbocycles. The molecule has 13 heavy (non-hydrogen) atoms. The number of carbonyl (C=O) groups excluding carboxylic acids is 3. The SMILES string of the molecule is CC(=O)NC(CCC(=O)[O-])C(=O)[O-]. The van der Waals surface area contributed by atoms with Crippen molar-refractivity contribution in [2.45, 2.75) is 25.8 Å². The third kappa shape index (κ3) is 5.66. The molecule has 1 atom stereocenters. The molecule has 6 heteroatoms. The predicted octanol–water partition coefficient (Wildman–Crippen LogP) is -3.23. The fraction of sp³-hybridized carbons (Fsp3) is 0.571. The van der Waals surface area contributed by atoms with Crippen molar-refractivity contribution in [3.05, 3.63) is 0 Å². The molecule has 0 aliphatic carbocycles. The Morgan fingerprint density at radius 1 is 1.31 bits per heavy atom. The van der Waals surface area contributed by atoms with Crippen LogP contribution in [0.25, 0.3) is 0 Å². The molecule has 0 aromatic heterocycles. The van der Waals surface area contributed by atoms with Crippen molar-refractivity contribution in [3.63, 3.8) is 0 Å². The second-order valence-electron chi connectivity index (χ2n) is 2.48. The van der Waals surface area contributed by atoms with Gasteiger partial charge in [-0.2, -0.15) is 0 Å². The lowest BCUT2D eigenvalue weighted by molar-refractivity contribution is -0.310. The molecular formula is C7H9NO5-2. The number of hydrogen-bond donors (Lipinski definition) is 1. The highest BCUT2D eigenvalue weighted by atomic mass is 16.4. The molecule has 0 rings (SSSR count). The van der Waals surface area contributed by atoms with E-state index in [9.17, 15) is 24.6 Å². The Kier molecular flexibility index (Phi) is 4.50. The standard InChI is InChI=1S/C7H11NO5/c1-4(9)8-5(7(12)13)2-3-6(10)11/h5H,2-3H2,1H3,(H,8,9)(H,10,11)(H,12,13)/p-2. The Bertz CT molecular complexity index is 225. The molecule has 0 saturated heterocycles. The molecular weight excluding hydrogens is 178 g/mol. The Morgan fingerprint density at radius 3 is 2.15 bits per heavy atom. The van der Waals surface area contributed by atoms with E-state index in [4.69, 9.17) is 0 Å². The highest BCUT2D eigenvalue weighted by Crippen LogP contribution is 1.95. The van der Waals surface area contributed by atoms with E-state index in [-0.39, 0.29) is 6.42 Å². The van der Waals surface area contributed by atoms with Crippen LogP contribution in [0.5, 0.6) is 0 Å². The van der Waals surface area contributed by atoms with Crippen molar-refractivity contribution in [1.82, 2.24) is 5.32 Å². The van der Waals surface area contributed by atoms with E-state index in [0.717, 1.165) is 6.92 Å². The van der Waals surface area contributed by atoms with Crippen LogP contribution >= 0.6 is 0 Å². The van der Waals surface area contributed by atoms with Gasteiger partial charge < -0.3 is 25.1 Å². The van der Waals surface area contributed by atoms with Gasteiger partial charge in [-0.15, -0.1) is 0 Å². The van der Waals surface area contributed by atoms with Crippen molar-refractivity contribution >= 4 is 17.8 Å². The minimum Gasteiger partial charge on any atom is -0.550 e. The molecule has 0 fully saturated rings. The summed E-state index contributed by atoms with van der Waals surface area (Å²) in [6.07, 6.45) is -0.664. The molecule has 1 unspecified atom stereocenters. The van der Waals surface area contributed by atoms with Gasteiger partial charge in [0.2, 0.25) is 5.91 Å². The zero-order valence-corrected chi connectivity index (χ0v) is 7.03. The summed E-state index contributed by atoms with van der Waals surface area (Å²) in [5.74, 6) is -3.42. The van der Waals surface area contributed by atoms with Crippen LogP contribution < -0.4 is 15.5 Å². The van der Waals surface area contributed by atoms with Gasteiger partial charge >= 0.3 is 0 Å². The number of carbonyl (C=O) groups is 3. The van der Waals surface area contributed by atoms with E-state index in [1.54, 1.807) is 0 Å². The number of aliphatic carboxylic acids is 2. The minimum absolute atomic E-state index is 0.232. The van der Waals surface area contributed by atoms with E-state index >= 15 is 0 Å². The largest absolute Gasteiger partial charge is 0.550 e. The molecule has 1 amide bonds. The van der Waals surface area contributed by atoms with Gasteiger partial charge in [0.25, 0.3) is 0 Å². The van der Waals surface area contributed by atoms with Crippen LogP contribution in [0.4, 0.5) is 0 Å². The quantitative estimate of drug-likeness (QED) is 0.486. The van der Waals surface area contributed by atoms with Crippen molar-refractivity contribution in [1.29, 1.82) is 0 Å². The third-order valence-electron chi connectivity index (χ3n) is 1.30. The highest BCUT2D eigenvalue weighted by molar-refractivity contribution is 5.81. The van der Waals surface area contributed by atoms with Crippen LogP contribution in [0.3, 0.4) is 0 Å². The molecule has 0 heterocycles. The van der Waals surface area contributed by atoms with Crippen molar-refractivity contribution < 1.29 is 24.6 Å². The molecule has 0 aliphatic rings. The molecule has 0 aromatic carbocycles. The maximum absolute atomic E-state index is 10.4. The zero-order chi connectivity index (χ0) is 10.4. The number of rotatable bonds is 5. The third-order valence-corrected chi connectivity index (χ3v) is 1.30. The average Bonchev–Trinajstić information content (AvgIpc) is 1.96. The minimum atomic E-state index is -1.50. The summed E-state index contributed by atoms with van der Waals surface area (Å²) in [7, 11) is 0. The van der Waals surface area contributed by atoms with Gasteiger partial charge in [-0.25, -0.2) is 0 Å². The number of nitrogens with one attached hydrogen (secondary N) is 1. The van der Waals surface area contributed by atoms with Crippen LogP contribution in [0, 0.1) is 0 Å². The van der Waals surface area contributed by atoms with Gasteiger partial charge in [-0.05, 0) is 12.8 Å². The lowest BCUT2D eigenvalue weighted by atomic mass is 10.1. The van der Waals surface area contributed by atoms with Gasteiger partial charge in [0.05, 0.1) is 12.0 Å². The summed E-state index contributed by atoms with van der Waals surface area (Å²) in [6.45, 7) is 1.13. The second-order valence-corrected chi connectivity index (χ2v) is 2.48. The summed E-state index contributed by atoms with van der Waals surface area (Å²) in [5, 5.41) is 22.3. The Balaban J connectivity index is 4.02. The van der Waals surface area contributed by atoms with E-state index in [1.165, 1.54) is 0 Å². The van der Waals surface area contributed by atoms with E-state index in [0.29, 0.717) is 0 Å². The molecule has 74 valence electrons. The van der Waals surface area contributed by atoms with Gasteiger partial charge in [0, 0.05) is 12.9 Å². The van der Waals surface area contributed by atoms with E-state index in [2.05, 4.69) is 0 Å². The first-order chi connectivity index (χ1) is 5.93. The molecule has 6 nitrogen and oxygen atoms in total. The van der Waals surface area contributed by atoms with Gasteiger partial charge in [-0.1, -0.05) is 0 Å². The highest BCUT2D eigenvalue weighted by Gasteiger charge is 2.10. The molecule has 0 spiro atoms. The van der Waals surface area contributed by atoms with Crippen molar-refractivity contribution in [3.8, 4) is 0 Å². The maximum atomic E-state index is 10.4. The topological polar surface area (TPSA) is 109 Å². The lowest BCUT2D eigenvalue weighted by Crippen LogP contribution is -2.47. The number of hydrogen-bond acceptors (Lipinski definition) is 5. The van der Waals surface area contributed by atoms with Crippen LogP contribution in [-0.4, -0.2) is 23.9 Å². The molecule has 1 N–H and O–H groups in total. The van der Waals surface area contributed by atoms with Crippen LogP contribution in [0.1, 0.15) is 19.8 Å². The summed E-state index contributed by atoms with van der Waals surface area (Å²) >= 11 is 0. The average molecular weight is 187 g/mol. The first-order valence-corrected chi connectivity index (χ1v) is 3.61. The van der Waals surface area contributed by atoms with Crippen LogP contribution in [-0.2, 0) is 14.4 Å². The van der Waals surface area contributed by atoms with E-state index in [1.807, 2.05) is 5.32 Å². The van der Waals surface area contributed by atoms with Crippen LogP contribution in [0.2, 0.25) is 0 Å². The fourth-order valence-electron chi connectivity index (χ4n) is 0.756. The predicted molar refractivity (Wildman–Crippen MR) is 36.9 cm³/mol. The van der Waals surface area contributed by atoms with E-state index < -0.39 is 30.3 Å². The molecule has 0 radical (unpaired) electrons. The first kappa shape index (κ1) is 11.4. The molecule has 0 aliphatic heterocycles. The first-order valence-electron chi connectivity index (χ1n) is 3.61.